The number of fused-ring (bicyclic) bond motifs is 3. The number of para-hydroxylation sites is 1. The monoisotopic (exact) mass is 338 g/mol. The van der Waals surface area contributed by atoms with Gasteiger partial charge in [0.1, 0.15) is 16.9 Å². The SMILES string of the molecule is COc1ccccc1/C=N\Nc1ncnc2sc3c(c12)CCCC3. The van der Waals surface area contributed by atoms with Gasteiger partial charge >= 0.3 is 0 Å². The van der Waals surface area contributed by atoms with Crippen molar-refractivity contribution < 1.29 is 4.74 Å². The third kappa shape index (κ3) is 2.73. The number of nitrogens with one attached hydrogen (secondary N) is 1. The predicted octanol–water partition coefficient (Wildman–Crippen LogP) is 4.02. The summed E-state index contributed by atoms with van der Waals surface area (Å²) < 4.78 is 5.34. The van der Waals surface area contributed by atoms with Gasteiger partial charge in [-0.1, -0.05) is 12.1 Å². The van der Waals surface area contributed by atoms with Crippen molar-refractivity contribution in [2.24, 2.45) is 5.10 Å². The fraction of sp³-hybridized carbons (Fsp3) is 0.278. The average Bonchev–Trinajstić information content (AvgIpc) is 3.01. The molecule has 1 aromatic carbocycles. The van der Waals surface area contributed by atoms with Crippen LogP contribution >= 0.6 is 11.3 Å². The third-order valence-electron chi connectivity index (χ3n) is 4.26. The molecule has 0 saturated heterocycles. The molecule has 0 amide bonds. The predicted molar refractivity (Wildman–Crippen MR) is 98.3 cm³/mol. The number of hydrogen-bond donors (Lipinski definition) is 1. The van der Waals surface area contributed by atoms with E-state index in [0.29, 0.717) is 0 Å². The van der Waals surface area contributed by atoms with Crippen LogP contribution in [-0.2, 0) is 12.8 Å². The van der Waals surface area contributed by atoms with Crippen LogP contribution in [0.2, 0.25) is 0 Å². The molecule has 0 atom stereocenters. The second-order valence-corrected chi connectivity index (χ2v) is 6.81. The Morgan fingerprint density at radius 2 is 2.08 bits per heavy atom. The van der Waals surface area contributed by atoms with Crippen molar-refractivity contribution >= 4 is 33.6 Å². The number of benzene rings is 1. The fourth-order valence-electron chi connectivity index (χ4n) is 3.11. The van der Waals surface area contributed by atoms with Crippen LogP contribution < -0.4 is 10.2 Å². The van der Waals surface area contributed by atoms with Crippen LogP contribution in [0.25, 0.3) is 10.2 Å². The highest BCUT2D eigenvalue weighted by Crippen LogP contribution is 2.38. The minimum Gasteiger partial charge on any atom is -0.496 e. The maximum Gasteiger partial charge on any atom is 0.158 e. The quantitative estimate of drug-likeness (QED) is 0.576. The summed E-state index contributed by atoms with van der Waals surface area (Å²) in [6.07, 6.45) is 8.12. The van der Waals surface area contributed by atoms with E-state index < -0.39 is 0 Å². The first-order chi connectivity index (χ1) is 11.9. The number of thiophene rings is 1. The van der Waals surface area contributed by atoms with Gasteiger partial charge in [-0.25, -0.2) is 9.97 Å². The molecule has 5 nitrogen and oxygen atoms in total. The van der Waals surface area contributed by atoms with Crippen LogP contribution in [0.1, 0.15) is 28.8 Å². The Hall–Kier alpha value is -2.47. The minimum atomic E-state index is 0.783. The van der Waals surface area contributed by atoms with E-state index in [9.17, 15) is 0 Å². The number of methoxy groups -OCH3 is 1. The van der Waals surface area contributed by atoms with E-state index in [1.54, 1.807) is 31.0 Å². The number of anilines is 1. The Kier molecular flexibility index (Phi) is 4.13. The molecule has 0 spiro atoms. The van der Waals surface area contributed by atoms with E-state index in [0.717, 1.165) is 40.2 Å². The Bertz CT molecular complexity index is 903. The van der Waals surface area contributed by atoms with Gasteiger partial charge in [-0.3, -0.25) is 5.43 Å². The topological polar surface area (TPSA) is 59.4 Å². The Morgan fingerprint density at radius 3 is 3.00 bits per heavy atom. The molecule has 0 saturated carbocycles. The summed E-state index contributed by atoms with van der Waals surface area (Å²) in [7, 11) is 1.66. The van der Waals surface area contributed by atoms with Crippen molar-refractivity contribution in [3.63, 3.8) is 0 Å². The van der Waals surface area contributed by atoms with Crippen molar-refractivity contribution in [3.8, 4) is 5.75 Å². The largest absolute Gasteiger partial charge is 0.496 e. The highest BCUT2D eigenvalue weighted by Gasteiger charge is 2.19. The molecule has 2 aromatic heterocycles. The summed E-state index contributed by atoms with van der Waals surface area (Å²) >= 11 is 1.79. The molecule has 6 heteroatoms. The molecule has 24 heavy (non-hydrogen) atoms. The second-order valence-electron chi connectivity index (χ2n) is 5.73. The van der Waals surface area contributed by atoms with Crippen LogP contribution in [0.5, 0.6) is 5.75 Å². The zero-order chi connectivity index (χ0) is 16.4. The molecule has 0 unspecified atom stereocenters. The molecule has 1 aliphatic rings. The molecule has 4 rings (SSSR count). The van der Waals surface area contributed by atoms with Crippen LogP contribution in [-0.4, -0.2) is 23.3 Å². The molecule has 3 aromatic rings. The lowest BCUT2D eigenvalue weighted by Crippen LogP contribution is -2.01. The van der Waals surface area contributed by atoms with E-state index in [4.69, 9.17) is 4.74 Å². The van der Waals surface area contributed by atoms with E-state index in [2.05, 4.69) is 20.5 Å². The number of aryl methyl sites for hydroxylation is 2. The lowest BCUT2D eigenvalue weighted by molar-refractivity contribution is 0.414. The van der Waals surface area contributed by atoms with Crippen molar-refractivity contribution in [1.82, 2.24) is 9.97 Å². The molecule has 0 aliphatic heterocycles. The van der Waals surface area contributed by atoms with Crippen molar-refractivity contribution in [1.29, 1.82) is 0 Å². The molecule has 0 bridgehead atoms. The Morgan fingerprint density at radius 1 is 1.21 bits per heavy atom. The van der Waals surface area contributed by atoms with Crippen molar-refractivity contribution in [2.45, 2.75) is 25.7 Å². The maximum absolute atomic E-state index is 5.34. The molecular formula is C18H18N4OS. The molecule has 1 N–H and O–H groups in total. The van der Waals surface area contributed by atoms with Gasteiger partial charge in [0.25, 0.3) is 0 Å². The normalized spacial score (nSPS) is 14.0. The highest BCUT2D eigenvalue weighted by atomic mass is 32.1. The van der Waals surface area contributed by atoms with Gasteiger partial charge in [0.15, 0.2) is 5.82 Å². The number of rotatable bonds is 4. The minimum absolute atomic E-state index is 0.783. The average molecular weight is 338 g/mol. The van der Waals surface area contributed by atoms with Crippen LogP contribution in [0.15, 0.2) is 35.7 Å². The number of nitrogens with zero attached hydrogens (tertiary/aromatic N) is 3. The van der Waals surface area contributed by atoms with Gasteiger partial charge in [-0.05, 0) is 43.4 Å². The molecule has 0 fully saturated rings. The van der Waals surface area contributed by atoms with Gasteiger partial charge < -0.3 is 4.74 Å². The zero-order valence-corrected chi connectivity index (χ0v) is 14.3. The fourth-order valence-corrected chi connectivity index (χ4v) is 4.34. The van der Waals surface area contributed by atoms with E-state index in [1.807, 2.05) is 24.3 Å². The van der Waals surface area contributed by atoms with E-state index in [-0.39, 0.29) is 0 Å². The summed E-state index contributed by atoms with van der Waals surface area (Å²) in [5.74, 6) is 1.58. The molecule has 0 radical (unpaired) electrons. The first kappa shape index (κ1) is 15.1. The van der Waals surface area contributed by atoms with E-state index >= 15 is 0 Å². The smallest absolute Gasteiger partial charge is 0.158 e. The molecule has 122 valence electrons. The number of hydrazone groups is 1. The Labute approximate surface area is 144 Å². The summed E-state index contributed by atoms with van der Waals surface area (Å²) in [6.45, 7) is 0. The lowest BCUT2D eigenvalue weighted by Gasteiger charge is -2.11. The number of ether oxygens (including phenoxy) is 1. The van der Waals surface area contributed by atoms with Gasteiger partial charge in [0.05, 0.1) is 18.7 Å². The van der Waals surface area contributed by atoms with Gasteiger partial charge in [-0.2, -0.15) is 5.10 Å². The summed E-state index contributed by atoms with van der Waals surface area (Å²) in [6, 6.07) is 7.78. The molecular weight excluding hydrogens is 320 g/mol. The standard InChI is InChI=1S/C18H18N4OS/c1-23-14-8-4-2-6-12(14)10-21-22-17-16-13-7-3-5-9-15(13)24-18(16)20-11-19-17/h2,4,6,8,10-11H,3,5,7,9H2,1H3,(H,19,20,22)/b21-10-. The Balaban J connectivity index is 1.65. The number of aromatic nitrogens is 2. The van der Waals surface area contributed by atoms with Crippen molar-refractivity contribution in [2.75, 3.05) is 12.5 Å². The van der Waals surface area contributed by atoms with Crippen molar-refractivity contribution in [3.05, 3.63) is 46.6 Å². The van der Waals surface area contributed by atoms with Gasteiger partial charge in [0, 0.05) is 10.4 Å². The molecule has 2 heterocycles. The zero-order valence-electron chi connectivity index (χ0n) is 13.5. The third-order valence-corrected chi connectivity index (χ3v) is 5.46. The molecule has 1 aliphatic carbocycles. The van der Waals surface area contributed by atoms with Gasteiger partial charge in [0.2, 0.25) is 0 Å². The van der Waals surface area contributed by atoms with Crippen LogP contribution in [0, 0.1) is 0 Å². The summed E-state index contributed by atoms with van der Waals surface area (Å²) in [5.41, 5.74) is 5.41. The van der Waals surface area contributed by atoms with Crippen LogP contribution in [0.4, 0.5) is 5.82 Å². The number of hydrogen-bond acceptors (Lipinski definition) is 6. The lowest BCUT2D eigenvalue weighted by atomic mass is 9.97. The second kappa shape index (κ2) is 6.57. The maximum atomic E-state index is 5.34. The van der Waals surface area contributed by atoms with E-state index in [1.165, 1.54) is 23.3 Å². The first-order valence-corrected chi connectivity index (χ1v) is 8.86. The summed E-state index contributed by atoms with van der Waals surface area (Å²) in [4.78, 5) is 11.3. The highest BCUT2D eigenvalue weighted by molar-refractivity contribution is 7.19. The van der Waals surface area contributed by atoms with Crippen LogP contribution in [0.3, 0.4) is 0 Å². The summed E-state index contributed by atoms with van der Waals surface area (Å²) in [5, 5.41) is 5.49. The van der Waals surface area contributed by atoms with Gasteiger partial charge in [-0.15, -0.1) is 11.3 Å². The first-order valence-electron chi connectivity index (χ1n) is 8.04.